The van der Waals surface area contributed by atoms with Crippen molar-refractivity contribution in [3.8, 4) is 5.75 Å². The van der Waals surface area contributed by atoms with Gasteiger partial charge in [-0.25, -0.2) is 0 Å². The maximum atomic E-state index is 12.4. The van der Waals surface area contributed by atoms with Gasteiger partial charge >= 0.3 is 0 Å². The highest BCUT2D eigenvalue weighted by Gasteiger charge is 2.16. The van der Waals surface area contributed by atoms with Crippen molar-refractivity contribution in [1.29, 1.82) is 0 Å². The molecule has 3 aromatic rings. The molecular weight excluding hydrogens is 264 g/mol. The average molecular weight is 274 g/mol. The molecule has 0 atom stereocenters. The van der Waals surface area contributed by atoms with Crippen LogP contribution in [0.5, 0.6) is 5.75 Å². The lowest BCUT2D eigenvalue weighted by molar-refractivity contribution is 0.104. The normalized spacial score (nSPS) is 10.7. The summed E-state index contributed by atoms with van der Waals surface area (Å²) in [6, 6.07) is 9.76. The summed E-state index contributed by atoms with van der Waals surface area (Å²) >= 11 is 3.02. The van der Waals surface area contributed by atoms with E-state index in [1.54, 1.807) is 24.5 Å². The van der Waals surface area contributed by atoms with Gasteiger partial charge in [0.05, 0.1) is 12.0 Å². The summed E-state index contributed by atoms with van der Waals surface area (Å²) in [6.45, 7) is 0. The molecular formula is C14H10O2S2. The standard InChI is InChI=1S/C14H10O2S2/c1-16-9-6-13(17-7-9)14(15)11-8-18-12-5-3-2-4-10(11)12/h2-8H,1H3. The number of benzene rings is 1. The molecule has 0 amide bonds. The minimum atomic E-state index is 0.0701. The van der Waals surface area contributed by atoms with Crippen molar-refractivity contribution in [2.24, 2.45) is 0 Å². The van der Waals surface area contributed by atoms with Crippen LogP contribution in [-0.4, -0.2) is 12.9 Å². The minimum Gasteiger partial charge on any atom is -0.496 e. The highest BCUT2D eigenvalue weighted by Crippen LogP contribution is 2.30. The average Bonchev–Trinajstić information content (AvgIpc) is 3.04. The molecule has 0 unspecified atom stereocenters. The lowest BCUT2D eigenvalue weighted by Crippen LogP contribution is -1.96. The van der Waals surface area contributed by atoms with Gasteiger partial charge in [-0.1, -0.05) is 18.2 Å². The number of hydrogen-bond donors (Lipinski definition) is 0. The molecule has 0 aliphatic heterocycles. The van der Waals surface area contributed by atoms with E-state index < -0.39 is 0 Å². The zero-order valence-electron chi connectivity index (χ0n) is 9.67. The Hall–Kier alpha value is -1.65. The molecule has 90 valence electrons. The lowest BCUT2D eigenvalue weighted by atomic mass is 10.1. The third-order valence-corrected chi connectivity index (χ3v) is 4.63. The lowest BCUT2D eigenvalue weighted by Gasteiger charge is -1.96. The molecule has 0 radical (unpaired) electrons. The summed E-state index contributed by atoms with van der Waals surface area (Å²) < 4.78 is 6.25. The van der Waals surface area contributed by atoms with Crippen molar-refractivity contribution in [2.75, 3.05) is 7.11 Å². The molecule has 3 rings (SSSR count). The Morgan fingerprint density at radius 3 is 2.78 bits per heavy atom. The van der Waals surface area contributed by atoms with E-state index in [-0.39, 0.29) is 5.78 Å². The number of fused-ring (bicyclic) bond motifs is 1. The van der Waals surface area contributed by atoms with E-state index in [2.05, 4.69) is 0 Å². The molecule has 0 N–H and O–H groups in total. The summed E-state index contributed by atoms with van der Waals surface area (Å²) in [6.07, 6.45) is 0. The summed E-state index contributed by atoms with van der Waals surface area (Å²) in [5.74, 6) is 0.809. The van der Waals surface area contributed by atoms with Gasteiger partial charge in [-0.05, 0) is 6.07 Å². The molecule has 4 heteroatoms. The summed E-state index contributed by atoms with van der Waals surface area (Å²) in [7, 11) is 1.61. The molecule has 0 saturated heterocycles. The molecule has 0 spiro atoms. The molecule has 0 bridgehead atoms. The van der Waals surface area contributed by atoms with Crippen molar-refractivity contribution < 1.29 is 9.53 Å². The van der Waals surface area contributed by atoms with E-state index in [0.717, 1.165) is 26.3 Å². The van der Waals surface area contributed by atoms with Crippen molar-refractivity contribution in [3.05, 3.63) is 51.5 Å². The Kier molecular flexibility index (Phi) is 2.89. The fourth-order valence-corrected chi connectivity index (χ4v) is 3.58. The molecule has 0 fully saturated rings. The van der Waals surface area contributed by atoms with Gasteiger partial charge in [0, 0.05) is 32.5 Å². The fourth-order valence-electron chi connectivity index (χ4n) is 1.83. The third-order valence-electron chi connectivity index (χ3n) is 2.76. The van der Waals surface area contributed by atoms with E-state index in [0.29, 0.717) is 0 Å². The third kappa shape index (κ3) is 1.83. The molecule has 0 saturated carbocycles. The molecule has 1 aromatic carbocycles. The summed E-state index contributed by atoms with van der Waals surface area (Å²) in [5, 5.41) is 4.81. The number of ether oxygens (including phenoxy) is 1. The first-order valence-corrected chi connectivity index (χ1v) is 7.19. The first kappa shape index (κ1) is 11.4. The van der Waals surface area contributed by atoms with Gasteiger partial charge in [0.1, 0.15) is 5.75 Å². The quantitative estimate of drug-likeness (QED) is 0.669. The number of ketones is 1. The second kappa shape index (κ2) is 4.55. The molecule has 0 aliphatic carbocycles. The van der Waals surface area contributed by atoms with E-state index in [1.165, 1.54) is 11.3 Å². The predicted molar refractivity (Wildman–Crippen MR) is 76.1 cm³/mol. The molecule has 2 nitrogen and oxygen atoms in total. The summed E-state index contributed by atoms with van der Waals surface area (Å²) in [5.41, 5.74) is 0.778. The Bertz CT molecular complexity index is 709. The zero-order valence-corrected chi connectivity index (χ0v) is 11.3. The van der Waals surface area contributed by atoms with Gasteiger partial charge in [0.2, 0.25) is 5.78 Å². The van der Waals surface area contributed by atoms with Gasteiger partial charge in [0.25, 0.3) is 0 Å². The first-order valence-electron chi connectivity index (χ1n) is 5.43. The summed E-state index contributed by atoms with van der Waals surface area (Å²) in [4.78, 5) is 13.1. The van der Waals surface area contributed by atoms with Crippen LogP contribution in [0.3, 0.4) is 0 Å². The van der Waals surface area contributed by atoms with Gasteiger partial charge in [-0.3, -0.25) is 4.79 Å². The highest BCUT2D eigenvalue weighted by molar-refractivity contribution is 7.18. The van der Waals surface area contributed by atoms with Crippen LogP contribution in [0.4, 0.5) is 0 Å². The second-order valence-electron chi connectivity index (χ2n) is 3.83. The molecule has 18 heavy (non-hydrogen) atoms. The van der Waals surface area contributed by atoms with Crippen LogP contribution in [0.25, 0.3) is 10.1 Å². The van der Waals surface area contributed by atoms with Crippen LogP contribution < -0.4 is 4.74 Å². The Morgan fingerprint density at radius 1 is 1.17 bits per heavy atom. The Labute approximate surface area is 112 Å². The number of thiophene rings is 2. The topological polar surface area (TPSA) is 26.3 Å². The SMILES string of the molecule is COc1csc(C(=O)c2csc3ccccc23)c1. The van der Waals surface area contributed by atoms with Crippen LogP contribution in [0, 0.1) is 0 Å². The maximum Gasteiger partial charge on any atom is 0.204 e. The van der Waals surface area contributed by atoms with Crippen LogP contribution in [0.1, 0.15) is 15.2 Å². The van der Waals surface area contributed by atoms with Gasteiger partial charge in [-0.15, -0.1) is 22.7 Å². The number of methoxy groups -OCH3 is 1. The van der Waals surface area contributed by atoms with Crippen LogP contribution in [0.15, 0.2) is 41.1 Å². The largest absolute Gasteiger partial charge is 0.496 e. The first-order chi connectivity index (χ1) is 8.79. The van der Waals surface area contributed by atoms with Gasteiger partial charge in [-0.2, -0.15) is 0 Å². The van der Waals surface area contributed by atoms with Crippen molar-refractivity contribution in [1.82, 2.24) is 0 Å². The van der Waals surface area contributed by atoms with E-state index in [4.69, 9.17) is 4.74 Å². The molecule has 0 aliphatic rings. The smallest absolute Gasteiger partial charge is 0.204 e. The van der Waals surface area contributed by atoms with E-state index >= 15 is 0 Å². The van der Waals surface area contributed by atoms with Gasteiger partial charge < -0.3 is 4.74 Å². The number of hydrogen-bond acceptors (Lipinski definition) is 4. The van der Waals surface area contributed by atoms with Crippen molar-refractivity contribution in [2.45, 2.75) is 0 Å². The maximum absolute atomic E-state index is 12.4. The van der Waals surface area contributed by atoms with Gasteiger partial charge in [0.15, 0.2) is 0 Å². The number of carbonyl (C=O) groups excluding carboxylic acids is 1. The minimum absolute atomic E-state index is 0.0701. The highest BCUT2D eigenvalue weighted by atomic mass is 32.1. The van der Waals surface area contributed by atoms with Crippen LogP contribution in [0.2, 0.25) is 0 Å². The van der Waals surface area contributed by atoms with E-state index in [9.17, 15) is 4.79 Å². The molecule has 2 aromatic heterocycles. The molecule has 2 heterocycles. The van der Waals surface area contributed by atoms with Crippen LogP contribution in [-0.2, 0) is 0 Å². The fraction of sp³-hybridized carbons (Fsp3) is 0.0714. The second-order valence-corrected chi connectivity index (χ2v) is 5.65. The zero-order chi connectivity index (χ0) is 12.5. The Morgan fingerprint density at radius 2 is 2.00 bits per heavy atom. The number of rotatable bonds is 3. The van der Waals surface area contributed by atoms with E-state index in [1.807, 2.05) is 35.0 Å². The van der Waals surface area contributed by atoms with Crippen molar-refractivity contribution >= 4 is 38.5 Å². The van der Waals surface area contributed by atoms with Crippen LogP contribution >= 0.6 is 22.7 Å². The number of carbonyl (C=O) groups is 1. The predicted octanol–water partition coefficient (Wildman–Crippen LogP) is 4.20. The Balaban J connectivity index is 2.06. The van der Waals surface area contributed by atoms with Crippen molar-refractivity contribution in [3.63, 3.8) is 0 Å². The monoisotopic (exact) mass is 274 g/mol.